The topological polar surface area (TPSA) is 191 Å². The molecule has 0 aliphatic carbocycles. The molecule has 0 aliphatic rings. The number of ether oxygens (including phenoxy) is 4. The van der Waals surface area contributed by atoms with Crippen LogP contribution in [-0.4, -0.2) is 73.7 Å². The summed E-state index contributed by atoms with van der Waals surface area (Å²) in [5.41, 5.74) is 0.226. The molecule has 56 heavy (non-hydrogen) atoms. The monoisotopic (exact) mass is 773 g/mol. The summed E-state index contributed by atoms with van der Waals surface area (Å²) in [6.45, 7) is 8.39. The van der Waals surface area contributed by atoms with Crippen molar-refractivity contribution in [3.63, 3.8) is 0 Å². The summed E-state index contributed by atoms with van der Waals surface area (Å²) in [7, 11) is 0. The number of hydrogen-bond acceptors (Lipinski definition) is 13. The van der Waals surface area contributed by atoms with E-state index in [-0.39, 0.29) is 94.7 Å². The first-order valence-corrected chi connectivity index (χ1v) is 19.8. The van der Waals surface area contributed by atoms with Crippen LogP contribution in [0.25, 0.3) is 34.2 Å². The average Bonchev–Trinajstić information content (AvgIpc) is 3.18. The minimum Gasteiger partial charge on any atom is -0.508 e. The first-order valence-electron chi connectivity index (χ1n) is 19.8. The Bertz CT molecular complexity index is 1810. The van der Waals surface area contributed by atoms with E-state index in [0.29, 0.717) is 12.8 Å². The van der Waals surface area contributed by atoms with Crippen LogP contribution in [0.2, 0.25) is 0 Å². The number of unbranched alkanes of at least 4 members (excludes halogenated alkanes) is 10. The molecule has 0 fully saturated rings. The van der Waals surface area contributed by atoms with Gasteiger partial charge in [0.1, 0.15) is 22.6 Å². The highest BCUT2D eigenvalue weighted by molar-refractivity contribution is 5.96. The van der Waals surface area contributed by atoms with Gasteiger partial charge in [-0.2, -0.15) is 0 Å². The molecule has 4 aromatic rings. The molecule has 0 unspecified atom stereocenters. The maximum absolute atomic E-state index is 13.2. The zero-order valence-electron chi connectivity index (χ0n) is 32.9. The van der Waals surface area contributed by atoms with Gasteiger partial charge in [-0.15, -0.1) is 0 Å². The van der Waals surface area contributed by atoms with Gasteiger partial charge >= 0.3 is 11.9 Å². The maximum Gasteiger partial charge on any atom is 0.342 e. The van der Waals surface area contributed by atoms with E-state index in [0.717, 1.165) is 57.4 Å². The highest BCUT2D eigenvalue weighted by Crippen LogP contribution is 2.43. The standard InChI is InChI=1S/C43H55N3O10/c1-5-9-11-13-15-17-25-55-42(51)32-23-21-30(35(49)37(32)53-7-3)40-44-39(29-20-19-28(47)27-34(29)48)45-41(46-40)31-22-24-33(38(36(31)50)54-8-4)43(52)56-26-18-16-14-12-10-6-2/h19-24,27,47-50H,5-18,25-26H2,1-4H3. The molecule has 4 rings (SSSR count). The summed E-state index contributed by atoms with van der Waals surface area (Å²) >= 11 is 0. The second-order valence-corrected chi connectivity index (χ2v) is 13.4. The molecule has 3 aromatic carbocycles. The fourth-order valence-corrected chi connectivity index (χ4v) is 6.10. The fraction of sp³-hybridized carbons (Fsp3) is 0.465. The lowest BCUT2D eigenvalue weighted by Gasteiger charge is -2.16. The van der Waals surface area contributed by atoms with Crippen LogP contribution in [0.1, 0.15) is 125 Å². The lowest BCUT2D eigenvalue weighted by Crippen LogP contribution is -2.10. The van der Waals surface area contributed by atoms with Gasteiger partial charge in [-0.3, -0.25) is 0 Å². The molecule has 302 valence electrons. The summed E-state index contributed by atoms with van der Waals surface area (Å²) in [6.07, 6.45) is 12.3. The van der Waals surface area contributed by atoms with Gasteiger partial charge in [-0.1, -0.05) is 78.1 Å². The quantitative estimate of drug-likeness (QED) is 0.0412. The Morgan fingerprint density at radius 2 is 0.911 bits per heavy atom. The largest absolute Gasteiger partial charge is 0.508 e. The number of carbonyl (C=O) groups excluding carboxylic acids is 2. The minimum absolute atomic E-state index is 0.0164. The Morgan fingerprint density at radius 3 is 1.32 bits per heavy atom. The molecule has 0 bridgehead atoms. The molecule has 1 heterocycles. The van der Waals surface area contributed by atoms with Crippen molar-refractivity contribution < 1.29 is 49.0 Å². The number of benzene rings is 3. The number of phenolic OH excluding ortho intramolecular Hbond substituents is 4. The van der Waals surface area contributed by atoms with Gasteiger partial charge in [0.05, 0.1) is 43.1 Å². The number of esters is 2. The normalized spacial score (nSPS) is 11.0. The lowest BCUT2D eigenvalue weighted by atomic mass is 10.1. The van der Waals surface area contributed by atoms with Gasteiger partial charge in [-0.05, 0) is 63.1 Å². The number of aromatic hydroxyl groups is 4. The smallest absolute Gasteiger partial charge is 0.342 e. The molecule has 4 N–H and O–H groups in total. The molecular formula is C43H55N3O10. The molecule has 0 atom stereocenters. The summed E-state index contributed by atoms with van der Waals surface area (Å²) in [5.74, 6) is -3.30. The van der Waals surface area contributed by atoms with Crippen LogP contribution in [0.5, 0.6) is 34.5 Å². The first kappa shape index (κ1) is 43.1. The Labute approximate surface area is 328 Å². The second-order valence-electron chi connectivity index (χ2n) is 13.4. The molecular weight excluding hydrogens is 718 g/mol. The van der Waals surface area contributed by atoms with Crippen LogP contribution >= 0.6 is 0 Å². The van der Waals surface area contributed by atoms with Crippen molar-refractivity contribution in [2.75, 3.05) is 26.4 Å². The van der Waals surface area contributed by atoms with E-state index >= 15 is 0 Å². The van der Waals surface area contributed by atoms with E-state index in [4.69, 9.17) is 18.9 Å². The third-order valence-corrected chi connectivity index (χ3v) is 9.08. The van der Waals surface area contributed by atoms with Gasteiger partial charge in [0.25, 0.3) is 0 Å². The van der Waals surface area contributed by atoms with Crippen molar-refractivity contribution in [1.29, 1.82) is 0 Å². The van der Waals surface area contributed by atoms with E-state index in [1.807, 2.05) is 0 Å². The third-order valence-electron chi connectivity index (χ3n) is 9.08. The molecule has 0 spiro atoms. The highest BCUT2D eigenvalue weighted by atomic mass is 16.5. The summed E-state index contributed by atoms with van der Waals surface area (Å²) in [6, 6.07) is 9.62. The summed E-state index contributed by atoms with van der Waals surface area (Å²) in [4.78, 5) is 40.0. The van der Waals surface area contributed by atoms with E-state index in [1.54, 1.807) is 13.8 Å². The SMILES string of the molecule is CCCCCCCCOC(=O)c1ccc(-c2nc(-c3ccc(O)cc3O)nc(-c3ccc(C(=O)OCCCCCCCC)c(OCC)c3O)n2)c(O)c1OCC. The van der Waals surface area contributed by atoms with E-state index in [2.05, 4.69) is 28.8 Å². The average molecular weight is 774 g/mol. The number of nitrogens with zero attached hydrogens (tertiary/aromatic N) is 3. The Morgan fingerprint density at radius 1 is 0.518 bits per heavy atom. The van der Waals surface area contributed by atoms with Crippen LogP contribution in [0.15, 0.2) is 42.5 Å². The van der Waals surface area contributed by atoms with E-state index < -0.39 is 23.4 Å². The minimum atomic E-state index is -0.658. The van der Waals surface area contributed by atoms with Gasteiger partial charge in [0, 0.05) is 6.07 Å². The lowest BCUT2D eigenvalue weighted by molar-refractivity contribution is 0.0483. The van der Waals surface area contributed by atoms with Crippen LogP contribution in [0.3, 0.4) is 0 Å². The summed E-state index contributed by atoms with van der Waals surface area (Å²) < 4.78 is 22.5. The van der Waals surface area contributed by atoms with Gasteiger partial charge < -0.3 is 39.4 Å². The Hall–Kier alpha value is -5.59. The molecule has 0 saturated heterocycles. The fourth-order valence-electron chi connectivity index (χ4n) is 6.10. The zero-order valence-corrected chi connectivity index (χ0v) is 32.9. The maximum atomic E-state index is 13.2. The second kappa shape index (κ2) is 22.1. The molecule has 0 aliphatic heterocycles. The van der Waals surface area contributed by atoms with Crippen molar-refractivity contribution >= 4 is 11.9 Å². The van der Waals surface area contributed by atoms with Crippen LogP contribution in [-0.2, 0) is 9.47 Å². The van der Waals surface area contributed by atoms with Crippen LogP contribution in [0, 0.1) is 0 Å². The number of aromatic nitrogens is 3. The van der Waals surface area contributed by atoms with Gasteiger partial charge in [-0.25, -0.2) is 24.5 Å². The molecule has 1 aromatic heterocycles. The van der Waals surface area contributed by atoms with Crippen LogP contribution < -0.4 is 9.47 Å². The predicted molar refractivity (Wildman–Crippen MR) is 212 cm³/mol. The number of rotatable bonds is 23. The van der Waals surface area contributed by atoms with Gasteiger partial charge in [0.15, 0.2) is 40.5 Å². The molecule has 13 nitrogen and oxygen atoms in total. The molecule has 0 radical (unpaired) electrons. The number of hydrogen-bond donors (Lipinski definition) is 4. The van der Waals surface area contributed by atoms with Crippen molar-refractivity contribution in [3.05, 3.63) is 53.6 Å². The zero-order chi connectivity index (χ0) is 40.5. The van der Waals surface area contributed by atoms with Gasteiger partial charge in [0.2, 0.25) is 0 Å². The molecule has 0 saturated carbocycles. The Balaban J connectivity index is 1.73. The van der Waals surface area contributed by atoms with E-state index in [9.17, 15) is 30.0 Å². The molecule has 13 heteroatoms. The number of phenols is 4. The van der Waals surface area contributed by atoms with Crippen molar-refractivity contribution in [3.8, 4) is 68.7 Å². The third kappa shape index (κ3) is 11.5. The molecule has 0 amide bonds. The predicted octanol–water partition coefficient (Wildman–Crippen LogP) is 9.53. The summed E-state index contributed by atoms with van der Waals surface area (Å²) in [5, 5.41) is 43.9. The van der Waals surface area contributed by atoms with Crippen molar-refractivity contribution in [2.45, 2.75) is 105 Å². The van der Waals surface area contributed by atoms with Crippen molar-refractivity contribution in [1.82, 2.24) is 15.0 Å². The Kier molecular flexibility index (Phi) is 17.0. The number of carbonyl (C=O) groups is 2. The van der Waals surface area contributed by atoms with E-state index in [1.165, 1.54) is 49.2 Å². The highest BCUT2D eigenvalue weighted by Gasteiger charge is 2.27. The van der Waals surface area contributed by atoms with Crippen molar-refractivity contribution in [2.24, 2.45) is 0 Å². The first-order chi connectivity index (χ1) is 27.1. The van der Waals surface area contributed by atoms with Crippen LogP contribution in [0.4, 0.5) is 0 Å².